The quantitative estimate of drug-likeness (QED) is 0.865. The Morgan fingerprint density at radius 2 is 2.00 bits per heavy atom. The van der Waals surface area contributed by atoms with Crippen LogP contribution in [0.1, 0.15) is 30.9 Å². The van der Waals surface area contributed by atoms with Crippen LogP contribution in [0.5, 0.6) is 5.75 Å². The minimum Gasteiger partial charge on any atom is -0.508 e. The Balaban J connectivity index is 2.33. The lowest BCUT2D eigenvalue weighted by Gasteiger charge is -2.32. The highest BCUT2D eigenvalue weighted by Gasteiger charge is 2.28. The van der Waals surface area contributed by atoms with Crippen molar-refractivity contribution in [3.63, 3.8) is 0 Å². The van der Waals surface area contributed by atoms with Gasteiger partial charge >= 0.3 is 0 Å². The number of phenolic OH excluding ortho intramolecular Hbond substituents is 1. The third kappa shape index (κ3) is 2.22. The molecule has 82 valence electrons. The van der Waals surface area contributed by atoms with Crippen molar-refractivity contribution >= 4 is 31.9 Å². The minimum absolute atomic E-state index is 0.0544. The molecule has 0 unspecified atom stereocenters. The van der Waals surface area contributed by atoms with Crippen molar-refractivity contribution < 1.29 is 5.11 Å². The Kier molecular flexibility index (Phi) is 3.38. The normalized spacial score (nSPS) is 18.6. The molecule has 1 aliphatic carbocycles. The van der Waals surface area contributed by atoms with E-state index in [1.807, 2.05) is 6.07 Å². The van der Waals surface area contributed by atoms with E-state index in [2.05, 4.69) is 31.9 Å². The lowest BCUT2D eigenvalue weighted by Crippen LogP contribution is -2.27. The first-order valence-electron chi connectivity index (χ1n) is 5.03. The van der Waals surface area contributed by atoms with E-state index in [1.165, 1.54) is 19.3 Å². The summed E-state index contributed by atoms with van der Waals surface area (Å²) in [5, 5.41) is 9.87. The largest absolute Gasteiger partial charge is 0.508 e. The molecule has 0 saturated heterocycles. The van der Waals surface area contributed by atoms with Crippen LogP contribution in [0.15, 0.2) is 21.1 Å². The highest BCUT2D eigenvalue weighted by atomic mass is 79.9. The van der Waals surface area contributed by atoms with E-state index in [1.54, 1.807) is 6.07 Å². The summed E-state index contributed by atoms with van der Waals surface area (Å²) in [6, 6.07) is 3.56. The summed E-state index contributed by atoms with van der Waals surface area (Å²) in [4.78, 5) is 0. The first kappa shape index (κ1) is 11.4. The Morgan fingerprint density at radius 3 is 2.47 bits per heavy atom. The number of halogens is 2. The van der Waals surface area contributed by atoms with Crippen molar-refractivity contribution in [1.29, 1.82) is 0 Å². The molecule has 0 amide bonds. The molecule has 2 rings (SSSR count). The monoisotopic (exact) mass is 333 g/mol. The van der Waals surface area contributed by atoms with Gasteiger partial charge in [-0.1, -0.05) is 38.3 Å². The molecule has 1 aromatic carbocycles. The zero-order valence-electron chi connectivity index (χ0n) is 8.21. The van der Waals surface area contributed by atoms with Gasteiger partial charge in [-0.05, 0) is 30.9 Å². The third-order valence-electron chi connectivity index (χ3n) is 3.06. The number of phenols is 1. The van der Waals surface area contributed by atoms with Crippen molar-refractivity contribution in [1.82, 2.24) is 0 Å². The minimum atomic E-state index is -0.0544. The molecular formula is C11H13Br2NO. The number of rotatable bonds is 2. The van der Waals surface area contributed by atoms with Crippen LogP contribution in [0.4, 0.5) is 0 Å². The van der Waals surface area contributed by atoms with Gasteiger partial charge in [-0.3, -0.25) is 0 Å². The Bertz CT molecular complexity index is 354. The number of nitrogens with two attached hydrogens (primary N) is 1. The molecule has 1 saturated carbocycles. The molecule has 4 heteroatoms. The Labute approximate surface area is 106 Å². The molecule has 0 bridgehead atoms. The predicted molar refractivity (Wildman–Crippen MR) is 67.8 cm³/mol. The second-order valence-corrected chi connectivity index (χ2v) is 5.81. The van der Waals surface area contributed by atoms with Crippen LogP contribution in [0.2, 0.25) is 0 Å². The average molecular weight is 335 g/mol. The van der Waals surface area contributed by atoms with E-state index in [0.29, 0.717) is 5.92 Å². The topological polar surface area (TPSA) is 46.2 Å². The van der Waals surface area contributed by atoms with Crippen LogP contribution < -0.4 is 5.73 Å². The highest BCUT2D eigenvalue weighted by molar-refractivity contribution is 9.11. The fraction of sp³-hybridized carbons (Fsp3) is 0.455. The van der Waals surface area contributed by atoms with Gasteiger partial charge in [-0.25, -0.2) is 0 Å². The van der Waals surface area contributed by atoms with Crippen LogP contribution in [-0.4, -0.2) is 5.11 Å². The van der Waals surface area contributed by atoms with Crippen molar-refractivity contribution in [3.05, 3.63) is 26.6 Å². The van der Waals surface area contributed by atoms with E-state index >= 15 is 0 Å². The zero-order valence-corrected chi connectivity index (χ0v) is 11.4. The van der Waals surface area contributed by atoms with Crippen molar-refractivity contribution in [2.75, 3.05) is 0 Å². The van der Waals surface area contributed by atoms with E-state index in [0.717, 1.165) is 14.5 Å². The Morgan fingerprint density at radius 1 is 1.33 bits per heavy atom. The maximum Gasteiger partial charge on any atom is 0.122 e. The van der Waals surface area contributed by atoms with Gasteiger partial charge in [0.2, 0.25) is 0 Å². The molecule has 0 radical (unpaired) electrons. The number of hydrogen-bond acceptors (Lipinski definition) is 2. The van der Waals surface area contributed by atoms with Crippen LogP contribution in [0.3, 0.4) is 0 Å². The highest BCUT2D eigenvalue weighted by Crippen LogP contribution is 2.42. The molecule has 0 spiro atoms. The van der Waals surface area contributed by atoms with E-state index in [-0.39, 0.29) is 11.8 Å². The molecule has 1 aromatic rings. The van der Waals surface area contributed by atoms with Gasteiger partial charge in [-0.15, -0.1) is 0 Å². The van der Waals surface area contributed by atoms with Gasteiger partial charge in [-0.2, -0.15) is 0 Å². The summed E-state index contributed by atoms with van der Waals surface area (Å²) >= 11 is 6.78. The van der Waals surface area contributed by atoms with Gasteiger partial charge in [0.1, 0.15) is 5.75 Å². The maximum atomic E-state index is 9.87. The van der Waals surface area contributed by atoms with Crippen LogP contribution in [0, 0.1) is 5.92 Å². The predicted octanol–water partition coefficient (Wildman–Crippen LogP) is 3.72. The van der Waals surface area contributed by atoms with Crippen LogP contribution in [-0.2, 0) is 0 Å². The third-order valence-corrected chi connectivity index (χ3v) is 4.18. The van der Waals surface area contributed by atoms with Gasteiger partial charge in [0.15, 0.2) is 0 Å². The smallest absolute Gasteiger partial charge is 0.122 e. The van der Waals surface area contributed by atoms with Gasteiger partial charge in [0.25, 0.3) is 0 Å². The average Bonchev–Trinajstić information content (AvgIpc) is 1.97. The second kappa shape index (κ2) is 4.44. The van der Waals surface area contributed by atoms with Crippen molar-refractivity contribution in [2.45, 2.75) is 25.3 Å². The fourth-order valence-corrected chi connectivity index (χ4v) is 3.40. The molecule has 0 aliphatic heterocycles. The lowest BCUT2D eigenvalue weighted by molar-refractivity contribution is 0.260. The molecule has 1 fully saturated rings. The summed E-state index contributed by atoms with van der Waals surface area (Å²) in [6.45, 7) is 0. The first-order valence-corrected chi connectivity index (χ1v) is 6.61. The molecule has 0 aromatic heterocycles. The fourth-order valence-electron chi connectivity index (χ4n) is 1.94. The maximum absolute atomic E-state index is 9.87. The standard InChI is InChI=1S/C11H13Br2NO/c12-7-4-8(13)10(9(15)5-7)11(14)6-2-1-3-6/h4-6,11,15H,1-3,14H2/t11-/m0/s1. The Hall–Kier alpha value is -0.0600. The summed E-state index contributed by atoms with van der Waals surface area (Å²) in [7, 11) is 0. The van der Waals surface area contributed by atoms with E-state index in [4.69, 9.17) is 5.73 Å². The van der Waals surface area contributed by atoms with Gasteiger partial charge < -0.3 is 10.8 Å². The molecule has 2 nitrogen and oxygen atoms in total. The summed E-state index contributed by atoms with van der Waals surface area (Å²) in [6.07, 6.45) is 3.60. The van der Waals surface area contributed by atoms with E-state index < -0.39 is 0 Å². The summed E-state index contributed by atoms with van der Waals surface area (Å²) in [5.41, 5.74) is 6.98. The molecule has 1 aliphatic rings. The zero-order chi connectivity index (χ0) is 11.0. The van der Waals surface area contributed by atoms with Crippen molar-refractivity contribution in [2.24, 2.45) is 11.7 Å². The number of hydrogen-bond donors (Lipinski definition) is 2. The van der Waals surface area contributed by atoms with Crippen molar-refractivity contribution in [3.8, 4) is 5.75 Å². The van der Waals surface area contributed by atoms with E-state index in [9.17, 15) is 5.11 Å². The first-order chi connectivity index (χ1) is 7.09. The molecule has 3 N–H and O–H groups in total. The molecule has 1 atom stereocenters. The summed E-state index contributed by atoms with van der Waals surface area (Å²) < 4.78 is 1.74. The number of benzene rings is 1. The second-order valence-electron chi connectivity index (χ2n) is 4.04. The van der Waals surface area contributed by atoms with Gasteiger partial charge in [0.05, 0.1) is 0 Å². The molecular weight excluding hydrogens is 322 g/mol. The molecule has 0 heterocycles. The number of aromatic hydroxyl groups is 1. The SMILES string of the molecule is N[C@H](c1c(O)cc(Br)cc1Br)C1CCC1. The molecule has 15 heavy (non-hydrogen) atoms. The van der Waals surface area contributed by atoms with Crippen LogP contribution >= 0.6 is 31.9 Å². The lowest BCUT2D eigenvalue weighted by atomic mass is 9.77. The van der Waals surface area contributed by atoms with Crippen LogP contribution in [0.25, 0.3) is 0 Å². The summed E-state index contributed by atoms with van der Waals surface area (Å²) in [5.74, 6) is 0.795. The van der Waals surface area contributed by atoms with Gasteiger partial charge in [0, 0.05) is 20.6 Å².